The lowest BCUT2D eigenvalue weighted by atomic mass is 10.0. The minimum Gasteiger partial charge on any atom is -0.378 e. The molecule has 3 N–H and O–H groups in total. The zero-order valence-corrected chi connectivity index (χ0v) is 22.7. The Morgan fingerprint density at radius 2 is 1.41 bits per heavy atom. The molecule has 0 radical (unpaired) electrons. The maximum Gasteiger partial charge on any atom is 0.255 e. The van der Waals surface area contributed by atoms with E-state index in [0.29, 0.717) is 58.4 Å². The second-order valence-electron chi connectivity index (χ2n) is 8.85. The predicted octanol–water partition coefficient (Wildman–Crippen LogP) is -0.737. The van der Waals surface area contributed by atoms with Crippen LogP contribution < -0.4 is 11.1 Å². The predicted molar refractivity (Wildman–Crippen MR) is 138 cm³/mol. The molecule has 1 aromatic rings. The Hall–Kier alpha value is -2.46. The number of ether oxygens (including phenoxy) is 5. The van der Waals surface area contributed by atoms with E-state index >= 15 is 0 Å². The SMILES string of the molecule is NCCOCCOCCOCCOCCOCCS(=O)(=O)c1cccc2c1CN(C1CCC(=O)NC1=O)C2=O. The van der Waals surface area contributed by atoms with Crippen LogP contribution in [0.5, 0.6) is 0 Å². The lowest BCUT2D eigenvalue weighted by Gasteiger charge is -2.29. The Labute approximate surface area is 228 Å². The van der Waals surface area contributed by atoms with E-state index < -0.39 is 27.7 Å². The van der Waals surface area contributed by atoms with Gasteiger partial charge in [-0.15, -0.1) is 0 Å². The van der Waals surface area contributed by atoms with E-state index in [1.165, 1.54) is 17.0 Å². The molecule has 218 valence electrons. The lowest BCUT2D eigenvalue weighted by molar-refractivity contribution is -0.136. The molecule has 0 saturated carbocycles. The molecule has 2 aliphatic rings. The Morgan fingerprint density at radius 1 is 0.846 bits per heavy atom. The van der Waals surface area contributed by atoms with Crippen LogP contribution >= 0.6 is 0 Å². The molecule has 39 heavy (non-hydrogen) atoms. The van der Waals surface area contributed by atoms with Crippen LogP contribution in [0.2, 0.25) is 0 Å². The molecule has 0 aliphatic carbocycles. The van der Waals surface area contributed by atoms with Crippen molar-refractivity contribution in [1.82, 2.24) is 10.2 Å². The van der Waals surface area contributed by atoms with Gasteiger partial charge >= 0.3 is 0 Å². The van der Waals surface area contributed by atoms with Crippen molar-refractivity contribution in [1.29, 1.82) is 0 Å². The first kappa shape index (κ1) is 31.1. The van der Waals surface area contributed by atoms with E-state index in [1.807, 2.05) is 0 Å². The van der Waals surface area contributed by atoms with Crippen LogP contribution in [-0.2, 0) is 49.7 Å². The van der Waals surface area contributed by atoms with Crippen LogP contribution in [0, 0.1) is 0 Å². The molecule has 0 spiro atoms. The normalized spacial score (nSPS) is 17.5. The van der Waals surface area contributed by atoms with Gasteiger partial charge in [0.2, 0.25) is 11.8 Å². The van der Waals surface area contributed by atoms with Gasteiger partial charge in [0.25, 0.3) is 5.91 Å². The highest BCUT2D eigenvalue weighted by atomic mass is 32.2. The van der Waals surface area contributed by atoms with E-state index in [1.54, 1.807) is 6.07 Å². The van der Waals surface area contributed by atoms with Crippen molar-refractivity contribution in [3.8, 4) is 0 Å². The highest BCUT2D eigenvalue weighted by Gasteiger charge is 2.41. The molecule has 3 amide bonds. The molecule has 1 unspecified atom stereocenters. The van der Waals surface area contributed by atoms with Crippen molar-refractivity contribution in [2.45, 2.75) is 30.3 Å². The van der Waals surface area contributed by atoms with Gasteiger partial charge in [0.05, 0.1) is 76.7 Å². The average Bonchev–Trinajstić information content (AvgIpc) is 3.24. The zero-order valence-electron chi connectivity index (χ0n) is 21.9. The maximum atomic E-state index is 13.0. The fraction of sp³-hybridized carbons (Fsp3) is 0.640. The molecule has 2 aliphatic heterocycles. The van der Waals surface area contributed by atoms with Gasteiger partial charge in [0.1, 0.15) is 6.04 Å². The number of nitrogens with zero attached hydrogens (tertiary/aromatic N) is 1. The number of hydrogen-bond donors (Lipinski definition) is 2. The summed E-state index contributed by atoms with van der Waals surface area (Å²) >= 11 is 0. The Balaban J connectivity index is 1.32. The third-order valence-corrected chi connectivity index (χ3v) is 7.88. The van der Waals surface area contributed by atoms with E-state index in [4.69, 9.17) is 29.4 Å². The number of nitrogens with two attached hydrogens (primary N) is 1. The minimum atomic E-state index is -3.75. The number of rotatable bonds is 19. The molecule has 13 nitrogen and oxygen atoms in total. The van der Waals surface area contributed by atoms with Crippen molar-refractivity contribution >= 4 is 27.6 Å². The second-order valence-corrected chi connectivity index (χ2v) is 10.9. The largest absolute Gasteiger partial charge is 0.378 e. The fourth-order valence-electron chi connectivity index (χ4n) is 4.19. The molecule has 3 rings (SSSR count). The highest BCUT2D eigenvalue weighted by molar-refractivity contribution is 7.91. The summed E-state index contributed by atoms with van der Waals surface area (Å²) in [4.78, 5) is 38.0. The summed E-state index contributed by atoms with van der Waals surface area (Å²) in [5, 5.41) is 2.24. The van der Waals surface area contributed by atoms with Gasteiger partial charge in [0.15, 0.2) is 9.84 Å². The number of nitrogens with one attached hydrogen (secondary N) is 1. The number of fused-ring (bicyclic) bond motifs is 1. The first-order valence-corrected chi connectivity index (χ1v) is 14.6. The summed E-state index contributed by atoms with van der Waals surface area (Å²) in [6.45, 7) is 4.10. The summed E-state index contributed by atoms with van der Waals surface area (Å²) in [7, 11) is -3.75. The Morgan fingerprint density at radius 3 is 1.97 bits per heavy atom. The van der Waals surface area contributed by atoms with Gasteiger partial charge in [-0.1, -0.05) is 6.07 Å². The summed E-state index contributed by atoms with van der Waals surface area (Å²) < 4.78 is 52.8. The van der Waals surface area contributed by atoms with Crippen LogP contribution in [0.3, 0.4) is 0 Å². The summed E-state index contributed by atoms with van der Waals surface area (Å²) in [5.74, 6) is -1.62. The highest BCUT2D eigenvalue weighted by Crippen LogP contribution is 2.32. The third kappa shape index (κ3) is 9.31. The maximum absolute atomic E-state index is 13.0. The molecule has 1 atom stereocenters. The molecule has 1 fully saturated rings. The molecule has 1 aromatic carbocycles. The summed E-state index contributed by atoms with van der Waals surface area (Å²) in [5.41, 5.74) is 5.93. The first-order chi connectivity index (χ1) is 18.8. The third-order valence-electron chi connectivity index (χ3n) is 6.12. The second kappa shape index (κ2) is 16.0. The van der Waals surface area contributed by atoms with Crippen LogP contribution in [0.15, 0.2) is 23.1 Å². The smallest absolute Gasteiger partial charge is 0.255 e. The molecular formula is C25H37N3O10S. The van der Waals surface area contributed by atoms with Gasteiger partial charge in [-0.05, 0) is 18.6 Å². The topological polar surface area (TPSA) is 173 Å². The van der Waals surface area contributed by atoms with E-state index in [-0.39, 0.29) is 61.3 Å². The number of hydrogen-bond acceptors (Lipinski definition) is 11. The Bertz CT molecular complexity index is 1080. The monoisotopic (exact) mass is 571 g/mol. The van der Waals surface area contributed by atoms with Crippen LogP contribution in [-0.4, -0.2) is 115 Å². The molecular weight excluding hydrogens is 534 g/mol. The van der Waals surface area contributed by atoms with Crippen molar-refractivity contribution in [3.05, 3.63) is 29.3 Å². The minimum absolute atomic E-state index is 0.0120. The number of carbonyl (C=O) groups excluding carboxylic acids is 3. The molecule has 1 saturated heterocycles. The number of benzene rings is 1. The fourth-order valence-corrected chi connectivity index (χ4v) is 5.59. The molecule has 14 heteroatoms. The number of amides is 3. The molecule has 0 aromatic heterocycles. The van der Waals surface area contributed by atoms with Crippen molar-refractivity contribution in [2.75, 3.05) is 78.4 Å². The lowest BCUT2D eigenvalue weighted by Crippen LogP contribution is -2.52. The summed E-state index contributed by atoms with van der Waals surface area (Å²) in [6, 6.07) is 3.71. The average molecular weight is 572 g/mol. The van der Waals surface area contributed by atoms with Crippen LogP contribution in [0.1, 0.15) is 28.8 Å². The van der Waals surface area contributed by atoms with E-state index in [0.717, 1.165) is 0 Å². The van der Waals surface area contributed by atoms with E-state index in [2.05, 4.69) is 5.32 Å². The molecule has 0 bridgehead atoms. The van der Waals surface area contributed by atoms with Crippen LogP contribution in [0.4, 0.5) is 0 Å². The summed E-state index contributed by atoms with van der Waals surface area (Å²) in [6.07, 6.45) is 0.325. The van der Waals surface area contributed by atoms with Crippen LogP contribution in [0.25, 0.3) is 0 Å². The zero-order chi connectivity index (χ0) is 28.1. The van der Waals surface area contributed by atoms with Gasteiger partial charge in [-0.25, -0.2) is 8.42 Å². The number of carbonyl (C=O) groups is 3. The number of piperidine rings is 1. The van der Waals surface area contributed by atoms with Crippen molar-refractivity contribution in [3.63, 3.8) is 0 Å². The standard InChI is InChI=1S/C25H37N3O10S/c26-6-7-34-8-9-35-10-11-36-12-13-37-14-15-38-16-17-39(32,33)22-3-1-2-19-20(22)18-28(25(19)31)21-4-5-23(29)27-24(21)30/h1-3,21H,4-18,26H2,(H,27,29,30). The van der Waals surface area contributed by atoms with E-state index in [9.17, 15) is 22.8 Å². The van der Waals surface area contributed by atoms with Gasteiger partial charge in [-0.2, -0.15) is 0 Å². The number of imide groups is 1. The Kier molecular flexibility index (Phi) is 12.7. The number of sulfone groups is 1. The first-order valence-electron chi connectivity index (χ1n) is 12.9. The van der Waals surface area contributed by atoms with Crippen molar-refractivity contribution in [2.24, 2.45) is 5.73 Å². The quantitative estimate of drug-likeness (QED) is 0.158. The van der Waals surface area contributed by atoms with Gasteiger partial charge in [-0.3, -0.25) is 19.7 Å². The molecule has 2 heterocycles. The van der Waals surface area contributed by atoms with Crippen molar-refractivity contribution < 1.29 is 46.5 Å². The van der Waals surface area contributed by atoms with Gasteiger partial charge < -0.3 is 34.3 Å². The van der Waals surface area contributed by atoms with Gasteiger partial charge in [0, 0.05) is 30.6 Å².